The van der Waals surface area contributed by atoms with E-state index in [1.54, 1.807) is 24.3 Å². The van der Waals surface area contributed by atoms with Crippen LogP contribution >= 0.6 is 0 Å². The van der Waals surface area contributed by atoms with E-state index in [0.29, 0.717) is 23.8 Å². The van der Waals surface area contributed by atoms with Gasteiger partial charge < -0.3 is 10.4 Å². The van der Waals surface area contributed by atoms with E-state index in [0.717, 1.165) is 0 Å². The van der Waals surface area contributed by atoms with Crippen molar-refractivity contribution in [3.05, 3.63) is 29.8 Å². The van der Waals surface area contributed by atoms with Crippen molar-refractivity contribution in [2.45, 2.75) is 0 Å². The Kier molecular flexibility index (Phi) is 2.91. The summed E-state index contributed by atoms with van der Waals surface area (Å²) in [7, 11) is 0. The summed E-state index contributed by atoms with van der Waals surface area (Å²) in [6.45, 7) is 0.293. The number of carboxylic acid groups (broad SMARTS) is 1. The number of benzene rings is 1. The third-order valence-electron chi connectivity index (χ3n) is 2.02. The molecular formula is C10H8N4O3. The molecule has 0 bridgehead atoms. The van der Waals surface area contributed by atoms with Crippen molar-refractivity contribution in [1.82, 2.24) is 0 Å². The van der Waals surface area contributed by atoms with Gasteiger partial charge in [0.2, 0.25) is 0 Å². The number of nitrogens with one attached hydrogen (secondary N) is 1. The lowest BCUT2D eigenvalue weighted by atomic mass is 10.2. The molecule has 2 N–H and O–H groups in total. The van der Waals surface area contributed by atoms with Gasteiger partial charge in [0.1, 0.15) is 0 Å². The molecule has 0 saturated heterocycles. The van der Waals surface area contributed by atoms with E-state index in [2.05, 4.69) is 20.5 Å². The minimum Gasteiger partial charge on any atom is -0.474 e. The first-order valence-electron chi connectivity index (χ1n) is 4.73. The van der Waals surface area contributed by atoms with Crippen LogP contribution in [0.1, 0.15) is 5.56 Å². The Hall–Kier alpha value is -2.57. The average Bonchev–Trinajstić information content (AvgIpc) is 2.82. The molecule has 1 aromatic rings. The molecule has 2 rings (SSSR count). The molecule has 0 atom stereocenters. The molecule has 0 spiro atoms. The Morgan fingerprint density at radius 1 is 1.35 bits per heavy atom. The number of hydrogen-bond acceptors (Lipinski definition) is 5. The van der Waals surface area contributed by atoms with Crippen LogP contribution in [0.2, 0.25) is 0 Å². The van der Waals surface area contributed by atoms with Gasteiger partial charge in [-0.25, -0.2) is 9.79 Å². The molecule has 7 heteroatoms. The molecule has 1 aliphatic rings. The van der Waals surface area contributed by atoms with Crippen molar-refractivity contribution in [2.75, 3.05) is 12.0 Å². The molecule has 0 radical (unpaired) electrons. The van der Waals surface area contributed by atoms with E-state index >= 15 is 0 Å². The van der Waals surface area contributed by atoms with Crippen LogP contribution < -0.4 is 5.32 Å². The number of aliphatic imine (C=N–C) groups is 1. The molecule has 1 aliphatic heterocycles. The number of carbonyl (C=O) groups is 2. The van der Waals surface area contributed by atoms with E-state index in [1.807, 2.05) is 0 Å². The van der Waals surface area contributed by atoms with Crippen LogP contribution in [0.3, 0.4) is 0 Å². The second-order valence-electron chi connectivity index (χ2n) is 3.20. The van der Waals surface area contributed by atoms with Gasteiger partial charge in [-0.15, -0.1) is 5.11 Å². The minimum atomic E-state index is -1.53. The standard InChI is InChI=1S/C10H8N4O3/c15-9(10(16)17)13-7-3-1-2-6(4-7)8-11-5-12-14-8/h1-4H,5H2,(H,13,15)(H,16,17). The summed E-state index contributed by atoms with van der Waals surface area (Å²) in [5, 5.41) is 18.2. The lowest BCUT2D eigenvalue weighted by Crippen LogP contribution is -2.21. The summed E-state index contributed by atoms with van der Waals surface area (Å²) in [5.74, 6) is -2.15. The molecule has 0 aromatic heterocycles. The van der Waals surface area contributed by atoms with E-state index in [9.17, 15) is 9.59 Å². The third kappa shape index (κ3) is 2.51. The van der Waals surface area contributed by atoms with E-state index in [-0.39, 0.29) is 0 Å². The van der Waals surface area contributed by atoms with Crippen molar-refractivity contribution >= 4 is 23.4 Å². The largest absolute Gasteiger partial charge is 0.474 e. The number of aliphatic carboxylic acids is 1. The molecule has 1 amide bonds. The number of anilines is 1. The maximum absolute atomic E-state index is 11.0. The van der Waals surface area contributed by atoms with E-state index in [1.165, 1.54) is 0 Å². The number of carbonyl (C=O) groups excluding carboxylic acids is 1. The zero-order valence-electron chi connectivity index (χ0n) is 8.62. The van der Waals surface area contributed by atoms with Crippen LogP contribution in [-0.4, -0.2) is 29.5 Å². The number of azo groups is 1. The highest BCUT2D eigenvalue weighted by Gasteiger charge is 2.12. The van der Waals surface area contributed by atoms with Crippen molar-refractivity contribution in [3.63, 3.8) is 0 Å². The number of carboxylic acids is 1. The second kappa shape index (κ2) is 4.52. The number of amides is 1. The molecule has 86 valence electrons. The molecule has 17 heavy (non-hydrogen) atoms. The number of nitrogens with zero attached hydrogens (tertiary/aromatic N) is 3. The van der Waals surface area contributed by atoms with Gasteiger partial charge in [-0.1, -0.05) is 12.1 Å². The van der Waals surface area contributed by atoms with Gasteiger partial charge in [0, 0.05) is 11.3 Å². The maximum Gasteiger partial charge on any atom is 0.394 e. The van der Waals surface area contributed by atoms with Crippen LogP contribution in [0.25, 0.3) is 0 Å². The third-order valence-corrected chi connectivity index (χ3v) is 2.02. The summed E-state index contributed by atoms with van der Waals surface area (Å²) < 4.78 is 0. The normalized spacial score (nSPS) is 13.3. The molecule has 0 aliphatic carbocycles. The van der Waals surface area contributed by atoms with E-state index < -0.39 is 11.9 Å². The van der Waals surface area contributed by atoms with Gasteiger partial charge in [0.15, 0.2) is 12.5 Å². The van der Waals surface area contributed by atoms with Gasteiger partial charge in [-0.2, -0.15) is 5.11 Å². The van der Waals surface area contributed by atoms with Crippen LogP contribution in [0, 0.1) is 0 Å². The molecule has 0 unspecified atom stereocenters. The predicted octanol–water partition coefficient (Wildman–Crippen LogP) is 0.880. The lowest BCUT2D eigenvalue weighted by molar-refractivity contribution is -0.147. The molecular weight excluding hydrogens is 224 g/mol. The van der Waals surface area contributed by atoms with Gasteiger partial charge in [-0.3, -0.25) is 4.79 Å². The second-order valence-corrected chi connectivity index (χ2v) is 3.20. The summed E-state index contributed by atoms with van der Waals surface area (Å²) in [4.78, 5) is 25.4. The molecule has 1 heterocycles. The Morgan fingerprint density at radius 2 is 2.18 bits per heavy atom. The van der Waals surface area contributed by atoms with Gasteiger partial charge in [0.05, 0.1) is 0 Å². The highest BCUT2D eigenvalue weighted by Crippen LogP contribution is 2.14. The topological polar surface area (TPSA) is 103 Å². The maximum atomic E-state index is 11.0. The molecule has 1 aromatic carbocycles. The summed E-state index contributed by atoms with van der Waals surface area (Å²) in [6.07, 6.45) is 0. The number of hydrogen-bond donors (Lipinski definition) is 2. The zero-order chi connectivity index (χ0) is 12.3. The highest BCUT2D eigenvalue weighted by atomic mass is 16.4. The molecule has 7 nitrogen and oxygen atoms in total. The minimum absolute atomic E-state index is 0.293. The summed E-state index contributed by atoms with van der Waals surface area (Å²) in [6, 6.07) is 6.59. The van der Waals surface area contributed by atoms with Gasteiger partial charge in [-0.05, 0) is 12.1 Å². The van der Waals surface area contributed by atoms with Gasteiger partial charge in [0.25, 0.3) is 0 Å². The lowest BCUT2D eigenvalue weighted by Gasteiger charge is -2.03. The van der Waals surface area contributed by atoms with Crippen LogP contribution in [-0.2, 0) is 9.59 Å². The van der Waals surface area contributed by atoms with Crippen molar-refractivity contribution in [2.24, 2.45) is 15.2 Å². The van der Waals surface area contributed by atoms with Crippen LogP contribution in [0.4, 0.5) is 5.69 Å². The fourth-order valence-corrected chi connectivity index (χ4v) is 1.30. The Bertz CT molecular complexity index is 536. The SMILES string of the molecule is O=C(O)C(=O)Nc1cccc(C2=NCN=N2)c1. The Balaban J connectivity index is 2.20. The first-order chi connectivity index (χ1) is 8.16. The number of rotatable bonds is 2. The first-order valence-corrected chi connectivity index (χ1v) is 4.73. The smallest absolute Gasteiger partial charge is 0.394 e. The molecule has 0 fully saturated rings. The first kappa shape index (κ1) is 10.9. The summed E-state index contributed by atoms with van der Waals surface area (Å²) >= 11 is 0. The quantitative estimate of drug-likeness (QED) is 0.739. The number of amidine groups is 1. The predicted molar refractivity (Wildman–Crippen MR) is 59.0 cm³/mol. The molecule has 0 saturated carbocycles. The highest BCUT2D eigenvalue weighted by molar-refractivity contribution is 6.36. The van der Waals surface area contributed by atoms with Crippen LogP contribution in [0.15, 0.2) is 39.5 Å². The van der Waals surface area contributed by atoms with Crippen molar-refractivity contribution in [1.29, 1.82) is 0 Å². The Labute approximate surface area is 95.9 Å². The van der Waals surface area contributed by atoms with Crippen LogP contribution in [0.5, 0.6) is 0 Å². The monoisotopic (exact) mass is 232 g/mol. The fourth-order valence-electron chi connectivity index (χ4n) is 1.30. The van der Waals surface area contributed by atoms with Gasteiger partial charge >= 0.3 is 11.9 Å². The summed E-state index contributed by atoms with van der Waals surface area (Å²) in [5.41, 5.74) is 1.05. The fraction of sp³-hybridized carbons (Fsp3) is 0.100. The van der Waals surface area contributed by atoms with E-state index in [4.69, 9.17) is 5.11 Å². The van der Waals surface area contributed by atoms with Crippen molar-refractivity contribution < 1.29 is 14.7 Å². The Morgan fingerprint density at radius 3 is 2.82 bits per heavy atom. The zero-order valence-corrected chi connectivity index (χ0v) is 8.62. The van der Waals surface area contributed by atoms with Crippen molar-refractivity contribution in [3.8, 4) is 0 Å². The average molecular weight is 232 g/mol.